The largest absolute Gasteiger partial charge is 0.499 e. The van der Waals surface area contributed by atoms with Crippen molar-refractivity contribution in [3.63, 3.8) is 0 Å². The molecular weight excluding hydrogens is 178 g/mol. The summed E-state index contributed by atoms with van der Waals surface area (Å²) in [6.07, 6.45) is 3.28. The molecule has 1 rings (SSSR count). The summed E-state index contributed by atoms with van der Waals surface area (Å²) in [6, 6.07) is 0. The van der Waals surface area contributed by atoms with Gasteiger partial charge in [0, 0.05) is 23.9 Å². The molecule has 14 heavy (non-hydrogen) atoms. The third-order valence-electron chi connectivity index (χ3n) is 2.89. The molecule has 0 radical (unpaired) electrons. The Hall–Kier alpha value is -0.540. The molecule has 1 heterocycles. The molecule has 1 fully saturated rings. The van der Waals surface area contributed by atoms with Crippen molar-refractivity contribution in [2.75, 3.05) is 0 Å². The van der Waals surface area contributed by atoms with E-state index in [0.29, 0.717) is 0 Å². The summed E-state index contributed by atoms with van der Waals surface area (Å²) in [7, 11) is 0. The molecule has 0 unspecified atom stereocenters. The maximum absolute atomic E-state index is 10.0. The second-order valence-corrected chi connectivity index (χ2v) is 5.27. The molecular formula is C11H21NO2. The van der Waals surface area contributed by atoms with Gasteiger partial charge in [-0.2, -0.15) is 5.06 Å². The van der Waals surface area contributed by atoms with Crippen LogP contribution in [0.1, 0.15) is 40.5 Å². The lowest BCUT2D eigenvalue weighted by molar-refractivity contribution is -0.257. The lowest BCUT2D eigenvalue weighted by Gasteiger charge is -2.50. The van der Waals surface area contributed by atoms with Gasteiger partial charge in [-0.25, -0.2) is 0 Å². The smallest absolute Gasteiger partial charge is 0.101 e. The second-order valence-electron chi connectivity index (χ2n) is 5.27. The summed E-state index contributed by atoms with van der Waals surface area (Å²) in [5, 5.41) is 11.5. The number of ether oxygens (including phenoxy) is 1. The molecule has 0 aliphatic carbocycles. The van der Waals surface area contributed by atoms with Crippen LogP contribution in [0.3, 0.4) is 0 Å². The van der Waals surface area contributed by atoms with Gasteiger partial charge in [-0.3, -0.25) is 0 Å². The summed E-state index contributed by atoms with van der Waals surface area (Å²) in [4.78, 5) is 0. The van der Waals surface area contributed by atoms with Crippen LogP contribution in [0.4, 0.5) is 0 Å². The zero-order valence-corrected chi connectivity index (χ0v) is 9.58. The molecule has 0 amide bonds. The van der Waals surface area contributed by atoms with Crippen LogP contribution < -0.4 is 0 Å². The number of nitrogens with zero attached hydrogens (tertiary/aromatic N) is 1. The highest BCUT2D eigenvalue weighted by molar-refractivity contribution is 4.96. The number of rotatable bonds is 2. The van der Waals surface area contributed by atoms with Gasteiger partial charge in [0.1, 0.15) is 6.10 Å². The van der Waals surface area contributed by atoms with E-state index in [-0.39, 0.29) is 17.2 Å². The Morgan fingerprint density at radius 1 is 1.29 bits per heavy atom. The minimum atomic E-state index is -0.241. The molecule has 3 nitrogen and oxygen atoms in total. The predicted molar refractivity (Wildman–Crippen MR) is 56.1 cm³/mol. The number of hydrogen-bond donors (Lipinski definition) is 1. The molecule has 3 heteroatoms. The molecule has 1 aliphatic rings. The van der Waals surface area contributed by atoms with Gasteiger partial charge in [0.25, 0.3) is 0 Å². The average Bonchev–Trinajstić information content (AvgIpc) is 1.99. The molecule has 0 aromatic rings. The van der Waals surface area contributed by atoms with Crippen molar-refractivity contribution in [3.05, 3.63) is 12.8 Å². The van der Waals surface area contributed by atoms with E-state index >= 15 is 0 Å². The third-order valence-corrected chi connectivity index (χ3v) is 2.89. The Kier molecular flexibility index (Phi) is 2.93. The first-order valence-corrected chi connectivity index (χ1v) is 5.05. The molecule has 82 valence electrons. The number of hydroxylamine groups is 2. The molecule has 0 aromatic heterocycles. The molecule has 0 aromatic carbocycles. The zero-order valence-electron chi connectivity index (χ0n) is 9.58. The molecule has 1 N–H and O–H groups in total. The van der Waals surface area contributed by atoms with Gasteiger partial charge in [-0.15, -0.1) is 0 Å². The maximum Gasteiger partial charge on any atom is 0.101 e. The maximum atomic E-state index is 10.0. The van der Waals surface area contributed by atoms with E-state index in [9.17, 15) is 5.21 Å². The van der Waals surface area contributed by atoms with Gasteiger partial charge in [0.15, 0.2) is 0 Å². The Morgan fingerprint density at radius 3 is 2.07 bits per heavy atom. The van der Waals surface area contributed by atoms with E-state index in [4.69, 9.17) is 4.74 Å². The highest BCUT2D eigenvalue weighted by Gasteiger charge is 2.45. The van der Waals surface area contributed by atoms with Gasteiger partial charge >= 0.3 is 0 Å². The Bertz CT molecular complexity index is 205. The first-order valence-electron chi connectivity index (χ1n) is 5.05. The molecule has 0 saturated carbocycles. The predicted octanol–water partition coefficient (Wildman–Crippen LogP) is 2.56. The highest BCUT2D eigenvalue weighted by Crippen LogP contribution is 2.37. The minimum Gasteiger partial charge on any atom is -0.499 e. The van der Waals surface area contributed by atoms with Crippen molar-refractivity contribution in [2.24, 2.45) is 0 Å². The average molecular weight is 199 g/mol. The monoisotopic (exact) mass is 199 g/mol. The second kappa shape index (κ2) is 3.55. The van der Waals surface area contributed by atoms with E-state index in [1.54, 1.807) is 0 Å². The fourth-order valence-electron chi connectivity index (χ4n) is 2.41. The van der Waals surface area contributed by atoms with E-state index in [1.807, 2.05) is 27.7 Å². The van der Waals surface area contributed by atoms with Gasteiger partial charge in [0.05, 0.1) is 6.26 Å². The lowest BCUT2D eigenvalue weighted by atomic mass is 9.80. The summed E-state index contributed by atoms with van der Waals surface area (Å²) >= 11 is 0. The molecule has 1 saturated heterocycles. The summed E-state index contributed by atoms with van der Waals surface area (Å²) in [5.74, 6) is 0. The van der Waals surface area contributed by atoms with Gasteiger partial charge in [-0.1, -0.05) is 6.58 Å². The van der Waals surface area contributed by atoms with Crippen molar-refractivity contribution in [2.45, 2.75) is 57.7 Å². The van der Waals surface area contributed by atoms with Crippen molar-refractivity contribution in [3.8, 4) is 0 Å². The van der Waals surface area contributed by atoms with Crippen molar-refractivity contribution in [1.82, 2.24) is 5.06 Å². The lowest BCUT2D eigenvalue weighted by Crippen LogP contribution is -2.60. The summed E-state index contributed by atoms with van der Waals surface area (Å²) in [6.45, 7) is 11.7. The molecule has 0 spiro atoms. The van der Waals surface area contributed by atoms with Crippen LogP contribution in [0.15, 0.2) is 12.8 Å². The topological polar surface area (TPSA) is 32.7 Å². The van der Waals surface area contributed by atoms with E-state index in [0.717, 1.165) is 12.8 Å². The Balaban J connectivity index is 2.80. The molecule has 0 bridgehead atoms. The number of hydrogen-bond acceptors (Lipinski definition) is 3. The Labute approximate surface area is 86.3 Å². The quantitative estimate of drug-likeness (QED) is 0.694. The van der Waals surface area contributed by atoms with E-state index in [1.165, 1.54) is 11.3 Å². The van der Waals surface area contributed by atoms with E-state index in [2.05, 4.69) is 6.58 Å². The summed E-state index contributed by atoms with van der Waals surface area (Å²) < 4.78 is 5.43. The standard InChI is InChI=1S/C11H21NO2/c1-6-14-9-7-10(2,3)12(13)11(4,5)8-9/h6,9,13H,1,7-8H2,2-5H3. The molecule has 0 atom stereocenters. The van der Waals surface area contributed by atoms with Crippen LogP contribution in [-0.4, -0.2) is 27.5 Å². The van der Waals surface area contributed by atoms with Gasteiger partial charge in [-0.05, 0) is 27.7 Å². The fraction of sp³-hybridized carbons (Fsp3) is 0.818. The summed E-state index contributed by atoms with van der Waals surface area (Å²) in [5.41, 5.74) is -0.481. The highest BCUT2D eigenvalue weighted by atomic mass is 16.5. The first kappa shape index (κ1) is 11.5. The van der Waals surface area contributed by atoms with Crippen LogP contribution in [0.25, 0.3) is 0 Å². The van der Waals surface area contributed by atoms with E-state index < -0.39 is 0 Å². The normalized spacial score (nSPS) is 27.2. The fourth-order valence-corrected chi connectivity index (χ4v) is 2.41. The van der Waals surface area contributed by atoms with Crippen LogP contribution in [0, 0.1) is 0 Å². The zero-order chi connectivity index (χ0) is 11.0. The minimum absolute atomic E-state index is 0.154. The van der Waals surface area contributed by atoms with Gasteiger partial charge < -0.3 is 9.94 Å². The van der Waals surface area contributed by atoms with Crippen LogP contribution >= 0.6 is 0 Å². The first-order chi connectivity index (χ1) is 6.29. The van der Waals surface area contributed by atoms with Crippen LogP contribution in [0.5, 0.6) is 0 Å². The van der Waals surface area contributed by atoms with Crippen LogP contribution in [0.2, 0.25) is 0 Å². The Morgan fingerprint density at radius 2 is 1.71 bits per heavy atom. The third kappa shape index (κ3) is 2.10. The van der Waals surface area contributed by atoms with Crippen LogP contribution in [-0.2, 0) is 4.74 Å². The number of piperidine rings is 1. The SMILES string of the molecule is C=COC1CC(C)(C)N(O)C(C)(C)C1. The van der Waals surface area contributed by atoms with Crippen molar-refractivity contribution < 1.29 is 9.94 Å². The van der Waals surface area contributed by atoms with Crippen molar-refractivity contribution >= 4 is 0 Å². The van der Waals surface area contributed by atoms with Gasteiger partial charge in [0.2, 0.25) is 0 Å². The molecule has 1 aliphatic heterocycles. The van der Waals surface area contributed by atoms with Crippen molar-refractivity contribution in [1.29, 1.82) is 0 Å².